The number of halogens is 2. The van der Waals surface area contributed by atoms with Crippen LogP contribution in [0.2, 0.25) is 4.34 Å². The third-order valence-corrected chi connectivity index (χ3v) is 4.47. The molecular formula is C13H22ClIN4S. The zero-order chi connectivity index (χ0) is 13.7. The normalized spacial score (nSPS) is 15.4. The molecule has 20 heavy (non-hydrogen) atoms. The lowest BCUT2D eigenvalue weighted by Gasteiger charge is -2.31. The first-order chi connectivity index (χ1) is 9.19. The molecule has 0 amide bonds. The van der Waals surface area contributed by atoms with Crippen LogP contribution in [-0.2, 0) is 6.54 Å². The highest BCUT2D eigenvalue weighted by Gasteiger charge is 2.13. The minimum Gasteiger partial charge on any atom is -0.355 e. The van der Waals surface area contributed by atoms with Gasteiger partial charge in [0.2, 0.25) is 0 Å². The first-order valence-corrected chi connectivity index (χ1v) is 7.77. The van der Waals surface area contributed by atoms with Crippen LogP contribution in [0.4, 0.5) is 0 Å². The monoisotopic (exact) mass is 428 g/mol. The van der Waals surface area contributed by atoms with Gasteiger partial charge in [-0.3, -0.25) is 4.99 Å². The van der Waals surface area contributed by atoms with E-state index in [4.69, 9.17) is 11.6 Å². The average molecular weight is 429 g/mol. The van der Waals surface area contributed by atoms with Crippen LogP contribution in [-0.4, -0.2) is 56.0 Å². The van der Waals surface area contributed by atoms with Crippen molar-refractivity contribution in [2.24, 2.45) is 4.99 Å². The van der Waals surface area contributed by atoms with Crippen molar-refractivity contribution in [2.75, 3.05) is 40.3 Å². The van der Waals surface area contributed by atoms with Gasteiger partial charge in [-0.1, -0.05) is 11.6 Å². The molecule has 114 valence electrons. The predicted molar refractivity (Wildman–Crippen MR) is 98.6 cm³/mol. The number of hydrogen-bond acceptors (Lipinski definition) is 3. The van der Waals surface area contributed by atoms with Crippen molar-refractivity contribution in [1.82, 2.24) is 15.1 Å². The largest absolute Gasteiger partial charge is 0.355 e. The molecule has 2 rings (SSSR count). The van der Waals surface area contributed by atoms with Crippen LogP contribution in [0, 0.1) is 0 Å². The summed E-state index contributed by atoms with van der Waals surface area (Å²) in [6, 6.07) is 4.01. The van der Waals surface area contributed by atoms with Crippen LogP contribution in [0.3, 0.4) is 0 Å². The maximum absolute atomic E-state index is 5.95. The lowest BCUT2D eigenvalue weighted by molar-refractivity contribution is 0.184. The van der Waals surface area contributed by atoms with E-state index >= 15 is 0 Å². The van der Waals surface area contributed by atoms with Crippen molar-refractivity contribution in [3.63, 3.8) is 0 Å². The SMILES string of the molecule is CN=C(NCCN1CCC1)N(C)Cc1ccc(Cl)s1.I. The van der Waals surface area contributed by atoms with Gasteiger partial charge in [-0.15, -0.1) is 35.3 Å². The second-order valence-corrected chi connectivity index (χ2v) is 6.53. The molecule has 1 saturated heterocycles. The molecule has 7 heteroatoms. The number of nitrogens with one attached hydrogen (secondary N) is 1. The van der Waals surface area contributed by atoms with E-state index in [-0.39, 0.29) is 24.0 Å². The fourth-order valence-electron chi connectivity index (χ4n) is 2.06. The Morgan fingerprint density at radius 3 is 2.75 bits per heavy atom. The van der Waals surface area contributed by atoms with Crippen molar-refractivity contribution < 1.29 is 0 Å². The highest BCUT2D eigenvalue weighted by molar-refractivity contribution is 14.0. The molecule has 1 fully saturated rings. The summed E-state index contributed by atoms with van der Waals surface area (Å²) in [5.41, 5.74) is 0. The van der Waals surface area contributed by atoms with Crippen LogP contribution in [0.5, 0.6) is 0 Å². The van der Waals surface area contributed by atoms with Gasteiger partial charge in [-0.05, 0) is 31.6 Å². The molecule has 0 radical (unpaired) electrons. The molecule has 1 N–H and O–H groups in total. The van der Waals surface area contributed by atoms with Crippen LogP contribution >= 0.6 is 46.9 Å². The van der Waals surface area contributed by atoms with Crippen LogP contribution < -0.4 is 5.32 Å². The van der Waals surface area contributed by atoms with E-state index in [1.54, 1.807) is 11.3 Å². The Kier molecular flexibility index (Phi) is 8.16. The minimum atomic E-state index is 0. The maximum Gasteiger partial charge on any atom is 0.193 e. The van der Waals surface area contributed by atoms with Crippen molar-refractivity contribution in [2.45, 2.75) is 13.0 Å². The molecular weight excluding hydrogens is 407 g/mol. The van der Waals surface area contributed by atoms with Gasteiger partial charge in [0, 0.05) is 32.1 Å². The molecule has 0 aliphatic carbocycles. The van der Waals surface area contributed by atoms with Gasteiger partial charge >= 0.3 is 0 Å². The first kappa shape index (κ1) is 18.0. The predicted octanol–water partition coefficient (Wildman–Crippen LogP) is 2.73. The molecule has 4 nitrogen and oxygen atoms in total. The summed E-state index contributed by atoms with van der Waals surface area (Å²) in [5.74, 6) is 0.935. The highest BCUT2D eigenvalue weighted by atomic mass is 127. The summed E-state index contributed by atoms with van der Waals surface area (Å²) in [7, 11) is 3.87. The number of thiophene rings is 1. The quantitative estimate of drug-likeness (QED) is 0.444. The topological polar surface area (TPSA) is 30.9 Å². The van der Waals surface area contributed by atoms with Crippen molar-refractivity contribution in [3.8, 4) is 0 Å². The fourth-order valence-corrected chi connectivity index (χ4v) is 3.20. The van der Waals surface area contributed by atoms with Gasteiger partial charge in [0.25, 0.3) is 0 Å². The van der Waals surface area contributed by atoms with E-state index in [2.05, 4.69) is 26.2 Å². The number of rotatable bonds is 5. The Morgan fingerprint density at radius 2 is 2.25 bits per heavy atom. The number of hydrogen-bond donors (Lipinski definition) is 1. The van der Waals surface area contributed by atoms with Crippen molar-refractivity contribution >= 4 is 52.9 Å². The van der Waals surface area contributed by atoms with Crippen LogP contribution in [0.25, 0.3) is 0 Å². The highest BCUT2D eigenvalue weighted by Crippen LogP contribution is 2.22. The van der Waals surface area contributed by atoms with Gasteiger partial charge in [-0.2, -0.15) is 0 Å². The summed E-state index contributed by atoms with van der Waals surface area (Å²) in [5, 5.41) is 3.40. The number of nitrogens with zero attached hydrogens (tertiary/aromatic N) is 3. The molecule has 1 aliphatic rings. The average Bonchev–Trinajstić information content (AvgIpc) is 2.72. The van der Waals surface area contributed by atoms with E-state index in [0.717, 1.165) is 29.9 Å². The zero-order valence-electron chi connectivity index (χ0n) is 11.9. The molecule has 0 atom stereocenters. The molecule has 0 spiro atoms. The maximum atomic E-state index is 5.95. The standard InChI is InChI=1S/C13H21ClN4S.HI/c1-15-13(16-6-9-18-7-3-8-18)17(2)10-11-4-5-12(14)19-11;/h4-5H,3,6-10H2,1-2H3,(H,15,16);1H. The summed E-state index contributed by atoms with van der Waals surface area (Å²) in [6.07, 6.45) is 1.34. The van der Waals surface area contributed by atoms with Crippen molar-refractivity contribution in [1.29, 1.82) is 0 Å². The summed E-state index contributed by atoms with van der Waals surface area (Å²) in [6.45, 7) is 5.36. The minimum absolute atomic E-state index is 0. The Balaban J connectivity index is 0.00000200. The lowest BCUT2D eigenvalue weighted by Crippen LogP contribution is -2.45. The Morgan fingerprint density at radius 1 is 1.50 bits per heavy atom. The van der Waals surface area contributed by atoms with E-state index in [0.29, 0.717) is 0 Å². The Hall–Kier alpha value is -0.0500. The molecule has 0 bridgehead atoms. The van der Waals surface area contributed by atoms with E-state index in [1.807, 2.05) is 20.2 Å². The molecule has 0 unspecified atom stereocenters. The van der Waals surface area contributed by atoms with Gasteiger partial charge in [0.05, 0.1) is 10.9 Å². The smallest absolute Gasteiger partial charge is 0.193 e. The van der Waals surface area contributed by atoms with Gasteiger partial charge < -0.3 is 15.1 Å². The Bertz CT molecular complexity index is 434. The Labute approximate surface area is 147 Å². The number of guanidine groups is 1. The second kappa shape index (κ2) is 9.07. The third-order valence-electron chi connectivity index (χ3n) is 3.26. The molecule has 0 saturated carbocycles. The molecule has 0 aromatic carbocycles. The summed E-state index contributed by atoms with van der Waals surface area (Å²) in [4.78, 5) is 10.1. The lowest BCUT2D eigenvalue weighted by atomic mass is 10.2. The van der Waals surface area contributed by atoms with Gasteiger partial charge in [0.15, 0.2) is 5.96 Å². The van der Waals surface area contributed by atoms with Crippen LogP contribution in [0.1, 0.15) is 11.3 Å². The van der Waals surface area contributed by atoms with E-state index in [1.165, 1.54) is 24.4 Å². The summed E-state index contributed by atoms with van der Waals surface area (Å²) < 4.78 is 0.837. The third kappa shape index (κ3) is 5.38. The number of aliphatic imine (C=N–C) groups is 1. The van der Waals surface area contributed by atoms with Gasteiger partial charge in [-0.25, -0.2) is 0 Å². The van der Waals surface area contributed by atoms with Crippen molar-refractivity contribution in [3.05, 3.63) is 21.3 Å². The van der Waals surface area contributed by atoms with E-state index in [9.17, 15) is 0 Å². The van der Waals surface area contributed by atoms with Crippen LogP contribution in [0.15, 0.2) is 17.1 Å². The van der Waals surface area contributed by atoms with E-state index < -0.39 is 0 Å². The molecule has 1 aliphatic heterocycles. The fraction of sp³-hybridized carbons (Fsp3) is 0.615. The van der Waals surface area contributed by atoms with Gasteiger partial charge in [0.1, 0.15) is 0 Å². The zero-order valence-corrected chi connectivity index (χ0v) is 15.8. The number of likely N-dealkylation sites (tertiary alicyclic amines) is 1. The summed E-state index contributed by atoms with van der Waals surface area (Å²) >= 11 is 7.56. The molecule has 1 aromatic heterocycles. The second-order valence-electron chi connectivity index (χ2n) is 4.73. The molecule has 1 aromatic rings. The first-order valence-electron chi connectivity index (χ1n) is 6.57. The molecule has 2 heterocycles.